The number of Topliss-reactive ketones (excluding diaryl/α,β-unsaturated/α-hetero) is 1. The van der Waals surface area contributed by atoms with Crippen LogP contribution in [0.25, 0.3) is 10.4 Å². The highest BCUT2D eigenvalue weighted by Gasteiger charge is 2.05. The number of hydrogen-bond donors (Lipinski definition) is 0. The fourth-order valence-electron chi connectivity index (χ4n) is 0.437. The van der Waals surface area contributed by atoms with Gasteiger partial charge in [0.25, 0.3) is 0 Å². The molecule has 1 atom stereocenters. The lowest BCUT2D eigenvalue weighted by molar-refractivity contribution is -0.119. The summed E-state index contributed by atoms with van der Waals surface area (Å²) in [5.41, 5.74) is 7.89. The molecule has 0 N–H and O–H groups in total. The van der Waals surface area contributed by atoms with Crippen molar-refractivity contribution in [3.63, 3.8) is 0 Å². The Bertz CT molecular complexity index is 148. The van der Waals surface area contributed by atoms with Gasteiger partial charge in [-0.05, 0) is 12.5 Å². The van der Waals surface area contributed by atoms with E-state index < -0.39 is 6.04 Å². The monoisotopic (exact) mass is 127 g/mol. The predicted molar refractivity (Wildman–Crippen MR) is 33.9 cm³/mol. The van der Waals surface area contributed by atoms with Gasteiger partial charge < -0.3 is 0 Å². The third-order valence-corrected chi connectivity index (χ3v) is 1.04. The van der Waals surface area contributed by atoms with E-state index >= 15 is 0 Å². The molecule has 0 radical (unpaired) electrons. The van der Waals surface area contributed by atoms with Crippen molar-refractivity contribution in [1.82, 2.24) is 0 Å². The fourth-order valence-corrected chi connectivity index (χ4v) is 0.437. The Morgan fingerprint density at radius 2 is 2.44 bits per heavy atom. The van der Waals surface area contributed by atoms with Crippen LogP contribution in [0.2, 0.25) is 0 Å². The summed E-state index contributed by atoms with van der Waals surface area (Å²) in [5, 5.41) is 3.23. The zero-order valence-electron chi connectivity index (χ0n) is 5.53. The first-order valence-electron chi connectivity index (χ1n) is 2.79. The molecule has 0 aromatic carbocycles. The van der Waals surface area contributed by atoms with Gasteiger partial charge in [-0.3, -0.25) is 4.79 Å². The second kappa shape index (κ2) is 3.92. The molecule has 0 bridgehead atoms. The summed E-state index contributed by atoms with van der Waals surface area (Å²) < 4.78 is 0. The highest BCUT2D eigenvalue weighted by Crippen LogP contribution is 1.94. The highest BCUT2D eigenvalue weighted by atomic mass is 16.1. The lowest BCUT2D eigenvalue weighted by Crippen LogP contribution is -2.11. The smallest absolute Gasteiger partial charge is 0.141 e. The molecule has 0 aliphatic heterocycles. The van der Waals surface area contributed by atoms with Crippen molar-refractivity contribution in [2.45, 2.75) is 26.3 Å². The Hall–Kier alpha value is -1.02. The summed E-state index contributed by atoms with van der Waals surface area (Å²) in [6, 6.07) is -0.500. The Morgan fingerprint density at radius 3 is 2.78 bits per heavy atom. The quantitative estimate of drug-likeness (QED) is 0.323. The van der Waals surface area contributed by atoms with E-state index in [-0.39, 0.29) is 5.78 Å². The van der Waals surface area contributed by atoms with Crippen LogP contribution in [0.3, 0.4) is 0 Å². The average Bonchev–Trinajstić information content (AvgIpc) is 1.87. The maximum absolute atomic E-state index is 10.6. The van der Waals surface area contributed by atoms with E-state index in [0.717, 1.165) is 0 Å². The van der Waals surface area contributed by atoms with E-state index in [1.54, 1.807) is 13.8 Å². The van der Waals surface area contributed by atoms with Crippen LogP contribution in [0.4, 0.5) is 0 Å². The Labute approximate surface area is 53.5 Å². The first-order chi connectivity index (χ1) is 4.22. The number of rotatable bonds is 3. The standard InChI is InChI=1S/C5H9N3O/c1-3-5(9)4(2)7-8-6/h4H,3H2,1-2H3. The number of carbonyl (C=O) groups excluding carboxylic acids is 1. The Kier molecular flexibility index (Phi) is 3.48. The summed E-state index contributed by atoms with van der Waals surface area (Å²) >= 11 is 0. The van der Waals surface area contributed by atoms with Crippen molar-refractivity contribution < 1.29 is 4.79 Å². The van der Waals surface area contributed by atoms with Gasteiger partial charge >= 0.3 is 0 Å². The molecule has 4 nitrogen and oxygen atoms in total. The second-order valence-corrected chi connectivity index (χ2v) is 1.70. The van der Waals surface area contributed by atoms with Crippen molar-refractivity contribution in [3.8, 4) is 0 Å². The van der Waals surface area contributed by atoms with E-state index in [1.807, 2.05) is 0 Å². The van der Waals surface area contributed by atoms with Crippen LogP contribution >= 0.6 is 0 Å². The second-order valence-electron chi connectivity index (χ2n) is 1.70. The molecule has 0 spiro atoms. The number of ketones is 1. The summed E-state index contributed by atoms with van der Waals surface area (Å²) in [7, 11) is 0. The van der Waals surface area contributed by atoms with E-state index in [1.165, 1.54) is 0 Å². The van der Waals surface area contributed by atoms with Crippen LogP contribution in [0.5, 0.6) is 0 Å². The van der Waals surface area contributed by atoms with Crippen LogP contribution in [0.15, 0.2) is 5.11 Å². The van der Waals surface area contributed by atoms with Gasteiger partial charge in [0, 0.05) is 11.3 Å². The van der Waals surface area contributed by atoms with Gasteiger partial charge in [0.1, 0.15) is 5.78 Å². The number of nitrogens with zero attached hydrogens (tertiary/aromatic N) is 3. The first-order valence-corrected chi connectivity index (χ1v) is 2.79. The van der Waals surface area contributed by atoms with Crippen LogP contribution in [-0.2, 0) is 4.79 Å². The zero-order valence-corrected chi connectivity index (χ0v) is 5.53. The molecule has 9 heavy (non-hydrogen) atoms. The van der Waals surface area contributed by atoms with Gasteiger partial charge in [-0.1, -0.05) is 12.0 Å². The van der Waals surface area contributed by atoms with Gasteiger partial charge in [0.2, 0.25) is 0 Å². The largest absolute Gasteiger partial charge is 0.299 e. The number of azide groups is 1. The minimum atomic E-state index is -0.500. The predicted octanol–water partition coefficient (Wildman–Crippen LogP) is 1.66. The van der Waals surface area contributed by atoms with Gasteiger partial charge in [0.05, 0.1) is 6.04 Å². The van der Waals surface area contributed by atoms with Crippen molar-refractivity contribution >= 4 is 5.78 Å². The summed E-state index contributed by atoms with van der Waals surface area (Å²) in [5.74, 6) is -0.0206. The van der Waals surface area contributed by atoms with Crippen LogP contribution in [0.1, 0.15) is 20.3 Å². The minimum absolute atomic E-state index is 0.0206. The fraction of sp³-hybridized carbons (Fsp3) is 0.800. The molecule has 0 aromatic rings. The van der Waals surface area contributed by atoms with E-state index in [2.05, 4.69) is 10.0 Å². The topological polar surface area (TPSA) is 65.8 Å². The van der Waals surface area contributed by atoms with Crippen molar-refractivity contribution in [2.24, 2.45) is 5.11 Å². The molecule has 0 saturated heterocycles. The van der Waals surface area contributed by atoms with Gasteiger partial charge in [0.15, 0.2) is 0 Å². The molecular formula is C5H9N3O. The van der Waals surface area contributed by atoms with Crippen LogP contribution in [-0.4, -0.2) is 11.8 Å². The molecule has 0 fully saturated rings. The lowest BCUT2D eigenvalue weighted by Gasteiger charge is -1.96. The first kappa shape index (κ1) is 7.98. The third kappa shape index (κ3) is 2.72. The average molecular weight is 127 g/mol. The normalized spacial score (nSPS) is 11.8. The van der Waals surface area contributed by atoms with Crippen molar-refractivity contribution in [2.75, 3.05) is 0 Å². The van der Waals surface area contributed by atoms with Crippen molar-refractivity contribution in [1.29, 1.82) is 0 Å². The molecule has 50 valence electrons. The molecule has 0 amide bonds. The van der Waals surface area contributed by atoms with Gasteiger partial charge in [-0.2, -0.15) is 0 Å². The van der Waals surface area contributed by atoms with E-state index in [0.29, 0.717) is 6.42 Å². The molecule has 0 aliphatic rings. The molecule has 1 unspecified atom stereocenters. The van der Waals surface area contributed by atoms with Crippen LogP contribution in [0, 0.1) is 0 Å². The Balaban J connectivity index is 3.87. The van der Waals surface area contributed by atoms with Gasteiger partial charge in [-0.15, -0.1) is 0 Å². The third-order valence-electron chi connectivity index (χ3n) is 1.04. The lowest BCUT2D eigenvalue weighted by atomic mass is 10.2. The summed E-state index contributed by atoms with van der Waals surface area (Å²) in [6.45, 7) is 3.33. The maximum atomic E-state index is 10.6. The zero-order chi connectivity index (χ0) is 7.28. The Morgan fingerprint density at radius 1 is 1.89 bits per heavy atom. The highest BCUT2D eigenvalue weighted by molar-refractivity contribution is 5.83. The number of carbonyl (C=O) groups is 1. The SMILES string of the molecule is CCC(=O)C(C)N=[N+]=[N-]. The van der Waals surface area contributed by atoms with E-state index in [4.69, 9.17) is 5.53 Å². The minimum Gasteiger partial charge on any atom is -0.299 e. The molecule has 0 aliphatic carbocycles. The molecule has 0 saturated carbocycles. The molecular weight excluding hydrogens is 118 g/mol. The van der Waals surface area contributed by atoms with Crippen LogP contribution < -0.4 is 0 Å². The number of hydrogen-bond acceptors (Lipinski definition) is 2. The maximum Gasteiger partial charge on any atom is 0.141 e. The molecule has 0 aromatic heterocycles. The summed E-state index contributed by atoms with van der Waals surface area (Å²) in [4.78, 5) is 13.1. The van der Waals surface area contributed by atoms with Crippen molar-refractivity contribution in [3.05, 3.63) is 10.4 Å². The molecule has 0 heterocycles. The van der Waals surface area contributed by atoms with Gasteiger partial charge in [-0.25, -0.2) is 0 Å². The molecule has 0 rings (SSSR count). The molecule has 4 heteroatoms. The summed E-state index contributed by atoms with van der Waals surface area (Å²) in [6.07, 6.45) is 0.431. The van der Waals surface area contributed by atoms with E-state index in [9.17, 15) is 4.79 Å².